The van der Waals surface area contributed by atoms with Crippen LogP contribution in [-0.2, 0) is 67.9 Å². The van der Waals surface area contributed by atoms with Gasteiger partial charge in [-0.3, -0.25) is 29.6 Å². The van der Waals surface area contributed by atoms with Crippen LogP contribution < -0.4 is 48.9 Å². The third-order valence-electron chi connectivity index (χ3n) is 25.3. The number of nitrogens with zero attached hydrogens (tertiary/aromatic N) is 6. The molecule has 0 aromatic heterocycles. The highest BCUT2D eigenvalue weighted by Crippen LogP contribution is 2.56. The summed E-state index contributed by atoms with van der Waals surface area (Å²) in [5, 5.41) is 50.0. The molecular formula is C86H134N8O21Si2. The number of phenols is 4. The second-order valence-electron chi connectivity index (χ2n) is 32.5. The molecule has 0 spiro atoms. The van der Waals surface area contributed by atoms with Crippen molar-refractivity contribution in [2.45, 2.75) is 238 Å². The van der Waals surface area contributed by atoms with E-state index in [-0.39, 0.29) is 91.1 Å². The number of methoxy groups -OCH3 is 8. The number of carbonyl (C=O) groups excluding carboxylic acids is 3. The quantitative estimate of drug-likeness (QED) is 0.00870. The Kier molecular flexibility index (Phi) is 34.8. The Hall–Kier alpha value is -7.90. The number of phenolic OH excluding ortho intramolecular Hbond substituents is 4. The molecule has 0 amide bonds. The summed E-state index contributed by atoms with van der Waals surface area (Å²) in [6.45, 7) is 55.6. The predicted octanol–water partition coefficient (Wildman–Crippen LogP) is 11.9. The van der Waals surface area contributed by atoms with Crippen LogP contribution in [-0.4, -0.2) is 260 Å². The van der Waals surface area contributed by atoms with Gasteiger partial charge in [-0.05, 0) is 128 Å². The second-order valence-corrected chi connectivity index (χ2v) is 42.5. The van der Waals surface area contributed by atoms with Crippen LogP contribution in [0.3, 0.4) is 0 Å². The van der Waals surface area contributed by atoms with Crippen LogP contribution in [0.2, 0.25) is 35.3 Å². The van der Waals surface area contributed by atoms with Gasteiger partial charge in [0.25, 0.3) is 12.3 Å². The standard InChI is InChI=1S/C43H66N4O10Si.C39H62N4O8Si.C4H6O3/c1-15-55-43(50)34-32-28(38(51-10)25(6)40(53-12)36(32)48)20-30(45-34)35-33-29(39(52-11)26(7)41(54-13)37(33)49)21-31(46(35)9)42(44-8)47-17-19-56-27(22-47)16-18-57-58(14,23(2)3)24(4)5;1-22(2)52(13,23(3)4)51-16-14-27-21-43(15-17-50-27)39(41-7)30-20-28-32(34(45)38(49-12)25(6)36(28)47-10)33(42(30)8)29(40)18-26-19-31(44)37(48-11)24(5)35(26)46-9;1-2-7-4(6)3-5/h23-24,27,30-31,34-35,42,45,48-49H,15-22H2,1-7,9-14H3;19,22-23,27,29-30,33,39,44-45H,14-18,20-21,40H2,1-6,8-13H3;3H,2H2,1H3/t27-,30?,31?,34+,35?,42-;27-,29?,30?,33?,39-;/m00./s1. The summed E-state index contributed by atoms with van der Waals surface area (Å²) in [5.41, 5.74) is 16.1. The second kappa shape index (κ2) is 42.4. The van der Waals surface area contributed by atoms with Crippen LogP contribution in [0.1, 0.15) is 161 Å². The first kappa shape index (κ1) is 96.2. The number of rotatable bonds is 32. The minimum Gasteiger partial charge on any atom is -0.504 e. The molecule has 0 bridgehead atoms. The lowest BCUT2D eigenvalue weighted by atomic mass is 9.77. The van der Waals surface area contributed by atoms with Gasteiger partial charge in [-0.25, -0.2) is 32.5 Å². The van der Waals surface area contributed by atoms with Crippen molar-refractivity contribution in [2.24, 2.45) is 5.73 Å². The number of esters is 2. The number of nitrogens with two attached hydrogens (primary N) is 1. The van der Waals surface area contributed by atoms with Gasteiger partial charge in [0.15, 0.2) is 62.6 Å². The van der Waals surface area contributed by atoms with E-state index in [4.69, 9.17) is 79.8 Å². The molecule has 7 N–H and O–H groups in total. The maximum absolute atomic E-state index is 13.9. The van der Waals surface area contributed by atoms with Crippen molar-refractivity contribution in [3.05, 3.63) is 90.1 Å². The molecule has 5 aliphatic rings. The fourth-order valence-corrected chi connectivity index (χ4v) is 23.3. The van der Waals surface area contributed by atoms with Gasteiger partial charge in [0, 0.05) is 120 Å². The summed E-state index contributed by atoms with van der Waals surface area (Å²) in [7, 11) is 12.4. The average molecular weight is 1670 g/mol. The van der Waals surface area contributed by atoms with Crippen LogP contribution in [0.4, 0.5) is 0 Å². The third kappa shape index (κ3) is 20.1. The summed E-state index contributed by atoms with van der Waals surface area (Å²) in [6.07, 6.45) is 1.79. The lowest BCUT2D eigenvalue weighted by Crippen LogP contribution is -2.60. The summed E-state index contributed by atoms with van der Waals surface area (Å²) in [4.78, 5) is 50.4. The molecule has 2 saturated heterocycles. The Morgan fingerprint density at radius 1 is 0.573 bits per heavy atom. The molecule has 4 aromatic carbocycles. The number of morpholine rings is 2. The van der Waals surface area contributed by atoms with Gasteiger partial charge in [-0.2, -0.15) is 0 Å². The molecule has 4 aromatic rings. The largest absolute Gasteiger partial charge is 0.504 e. The SMILES string of the molecule is CCOC(=O)C=O.[C-]#[N+][C@H](C1Cc2c(OC)c(C)c(OC)c(O)c2C(C(N)Cc2cc(O)c(OC)c(C)c2OC)N1C)N1CCO[C@@H](CCO[Si](C)(C(C)C)C(C)C)C1.[C-]#[N+][C@H](C1Cc2c(OC)c(C)c(OC)c(O)c2C(C2Cc3c(OC)c(C)c(OC)c(O)c3[C@H](C(=O)OCC)N2)N1C)N1CCO[C@@H](CCO[Si](C)(C(C)C)C(C)C)C1. The van der Waals surface area contributed by atoms with Crippen LogP contribution >= 0.6 is 0 Å². The number of ether oxygens (including phenoxy) is 12. The van der Waals surface area contributed by atoms with Gasteiger partial charge < -0.3 is 91.9 Å². The normalized spacial score (nSPS) is 21.3. The third-order valence-corrected chi connectivity index (χ3v) is 36.1. The number of aldehydes is 1. The monoisotopic (exact) mass is 1670 g/mol. The molecule has 6 unspecified atom stereocenters. The molecular weight excluding hydrogens is 1540 g/mol. The molecule has 29 nitrogen and oxygen atoms in total. The molecule has 5 heterocycles. The number of hydrogen-bond donors (Lipinski definition) is 6. The first-order valence-corrected chi connectivity index (χ1v) is 45.9. The van der Waals surface area contributed by atoms with Gasteiger partial charge in [-0.15, -0.1) is 0 Å². The van der Waals surface area contributed by atoms with Crippen LogP contribution in [0.25, 0.3) is 9.69 Å². The van der Waals surface area contributed by atoms with Crippen molar-refractivity contribution in [3.8, 4) is 69.0 Å². The number of hydrogen-bond acceptors (Lipinski definition) is 27. The number of likely N-dealkylation sites (N-methyl/N-ethyl adjacent to an activating group) is 2. The lowest BCUT2D eigenvalue weighted by Gasteiger charge is -2.48. The van der Waals surface area contributed by atoms with Crippen molar-refractivity contribution in [2.75, 3.05) is 137 Å². The molecule has 0 aliphatic carbocycles. The van der Waals surface area contributed by atoms with Crippen molar-refractivity contribution >= 4 is 34.9 Å². The smallest absolute Gasteiger partial charge is 0.371 e. The number of nitrogens with one attached hydrogen (secondary N) is 1. The summed E-state index contributed by atoms with van der Waals surface area (Å²) in [6, 6.07) is -2.54. The van der Waals surface area contributed by atoms with E-state index < -0.39 is 71.1 Å². The van der Waals surface area contributed by atoms with E-state index >= 15 is 0 Å². The summed E-state index contributed by atoms with van der Waals surface area (Å²) in [5.74, 6) is 1.79. The fourth-order valence-electron chi connectivity index (χ4n) is 18.2. The highest BCUT2D eigenvalue weighted by molar-refractivity contribution is 6.75. The highest BCUT2D eigenvalue weighted by atomic mass is 28.4. The predicted molar refractivity (Wildman–Crippen MR) is 452 cm³/mol. The fraction of sp³-hybridized carbons (Fsp3) is 0.663. The van der Waals surface area contributed by atoms with Gasteiger partial charge in [-0.1, -0.05) is 55.4 Å². The van der Waals surface area contributed by atoms with Crippen molar-refractivity contribution < 1.29 is 101 Å². The number of carbonyl (C=O) groups is 3. The van der Waals surface area contributed by atoms with E-state index in [1.807, 2.05) is 34.9 Å². The van der Waals surface area contributed by atoms with E-state index in [9.17, 15) is 34.8 Å². The summed E-state index contributed by atoms with van der Waals surface area (Å²) >= 11 is 0. The Balaban J connectivity index is 0.000000300. The Bertz CT molecular complexity index is 4140. The minimum absolute atomic E-state index is 0.00594. The zero-order valence-electron chi connectivity index (χ0n) is 74.1. The summed E-state index contributed by atoms with van der Waals surface area (Å²) < 4.78 is 82.0. The minimum atomic E-state index is -1.94. The first-order valence-electron chi connectivity index (χ1n) is 40.8. The van der Waals surface area contributed by atoms with E-state index in [2.05, 4.69) is 108 Å². The molecule has 0 saturated carbocycles. The molecule has 2 fully saturated rings. The van der Waals surface area contributed by atoms with Crippen LogP contribution in [0.5, 0.6) is 69.0 Å². The number of aromatic hydroxyl groups is 4. The van der Waals surface area contributed by atoms with Gasteiger partial charge in [0.2, 0.25) is 6.29 Å². The highest BCUT2D eigenvalue weighted by Gasteiger charge is 2.53. The maximum Gasteiger partial charge on any atom is 0.371 e. The molecule has 5 aliphatic heterocycles. The van der Waals surface area contributed by atoms with E-state index in [0.29, 0.717) is 172 Å². The van der Waals surface area contributed by atoms with E-state index in [0.717, 1.165) is 24.0 Å². The molecule has 11 atom stereocenters. The maximum atomic E-state index is 13.9. The molecule has 31 heteroatoms. The molecule has 0 radical (unpaired) electrons. The Labute approximate surface area is 696 Å². The van der Waals surface area contributed by atoms with Gasteiger partial charge in [0.05, 0.1) is 108 Å². The van der Waals surface area contributed by atoms with Crippen molar-refractivity contribution in [1.82, 2.24) is 24.9 Å². The van der Waals surface area contributed by atoms with Crippen molar-refractivity contribution in [3.63, 3.8) is 0 Å². The lowest BCUT2D eigenvalue weighted by molar-refractivity contribution is -0.148. The van der Waals surface area contributed by atoms with Crippen LogP contribution in [0.15, 0.2) is 6.07 Å². The van der Waals surface area contributed by atoms with Gasteiger partial charge >= 0.3 is 11.9 Å². The van der Waals surface area contributed by atoms with Crippen molar-refractivity contribution in [1.29, 1.82) is 0 Å². The topological polar surface area (TPSA) is 321 Å². The van der Waals surface area contributed by atoms with Gasteiger partial charge in [0.1, 0.15) is 41.1 Å². The van der Waals surface area contributed by atoms with E-state index in [1.54, 1.807) is 55.3 Å². The zero-order chi connectivity index (χ0) is 87.2. The zero-order valence-corrected chi connectivity index (χ0v) is 76.1. The number of fused-ring (bicyclic) bond motifs is 3. The molecule has 117 heavy (non-hydrogen) atoms. The Morgan fingerprint density at radius 2 is 0.957 bits per heavy atom. The Morgan fingerprint density at radius 3 is 1.34 bits per heavy atom. The average Bonchev–Trinajstić information content (AvgIpc) is 0.723. The molecule has 652 valence electrons. The molecule has 9 rings (SSSR count). The number of benzene rings is 4. The first-order chi connectivity index (χ1) is 55.5. The van der Waals surface area contributed by atoms with E-state index in [1.165, 1.54) is 28.4 Å². The van der Waals surface area contributed by atoms with Crippen LogP contribution in [0, 0.1) is 40.8 Å².